The van der Waals surface area contributed by atoms with Gasteiger partial charge >= 0.3 is 5.97 Å². The summed E-state index contributed by atoms with van der Waals surface area (Å²) in [5, 5.41) is 17.4. The van der Waals surface area contributed by atoms with Crippen molar-refractivity contribution >= 4 is 11.9 Å². The van der Waals surface area contributed by atoms with E-state index in [1.807, 2.05) is 6.07 Å². The lowest BCUT2D eigenvalue weighted by Gasteiger charge is -2.31. The summed E-state index contributed by atoms with van der Waals surface area (Å²) in [5.41, 5.74) is 0.958. The van der Waals surface area contributed by atoms with Crippen LogP contribution in [0.5, 0.6) is 0 Å². The molecule has 1 aliphatic rings. The highest BCUT2D eigenvalue weighted by molar-refractivity contribution is 5.94. The molecule has 0 aromatic heterocycles. The van der Waals surface area contributed by atoms with Gasteiger partial charge in [0.25, 0.3) is 5.91 Å². The van der Waals surface area contributed by atoms with Crippen molar-refractivity contribution in [2.24, 2.45) is 0 Å². The predicted molar refractivity (Wildman–Crippen MR) is 73.7 cm³/mol. The summed E-state index contributed by atoms with van der Waals surface area (Å²) in [4.78, 5) is 24.5. The van der Waals surface area contributed by atoms with Gasteiger partial charge in [-0.25, -0.2) is 4.79 Å². The monoisotopic (exact) mass is 288 g/mol. The van der Waals surface area contributed by atoms with Crippen LogP contribution < -0.4 is 0 Å². The molecule has 1 N–H and O–H groups in total. The Bertz CT molecular complexity index is 571. The minimum atomic E-state index is -0.984. The van der Waals surface area contributed by atoms with E-state index in [1.54, 1.807) is 29.2 Å². The minimum Gasteiger partial charge on any atom is -0.480 e. The number of hydrogen-bond donors (Lipinski definition) is 1. The molecule has 0 saturated carbocycles. The van der Waals surface area contributed by atoms with E-state index >= 15 is 0 Å². The van der Waals surface area contributed by atoms with Crippen molar-refractivity contribution < 1.29 is 19.4 Å². The maximum atomic E-state index is 12.3. The van der Waals surface area contributed by atoms with E-state index in [0.717, 1.165) is 0 Å². The third kappa shape index (κ3) is 4.04. The zero-order valence-corrected chi connectivity index (χ0v) is 11.5. The number of rotatable bonds is 4. The molecule has 0 aliphatic carbocycles. The van der Waals surface area contributed by atoms with E-state index in [9.17, 15) is 9.59 Å². The third-order valence-corrected chi connectivity index (χ3v) is 3.41. The Morgan fingerprint density at radius 2 is 2.10 bits per heavy atom. The number of carbonyl (C=O) groups excluding carboxylic acids is 1. The highest BCUT2D eigenvalue weighted by Gasteiger charge is 2.24. The number of piperidine rings is 1. The Balaban J connectivity index is 1.91. The number of hydrogen-bond acceptors (Lipinski definition) is 4. The number of ether oxygens (including phenoxy) is 1. The number of carboxylic acids is 1. The van der Waals surface area contributed by atoms with Gasteiger partial charge in [0.05, 0.1) is 17.7 Å². The maximum absolute atomic E-state index is 12.3. The molecule has 0 atom stereocenters. The van der Waals surface area contributed by atoms with Gasteiger partial charge in [-0.15, -0.1) is 0 Å². The van der Waals surface area contributed by atoms with Crippen LogP contribution in [-0.4, -0.2) is 47.7 Å². The van der Waals surface area contributed by atoms with Gasteiger partial charge in [0, 0.05) is 18.7 Å². The molecule has 110 valence electrons. The predicted octanol–water partition coefficient (Wildman–Crippen LogP) is 1.26. The van der Waals surface area contributed by atoms with Gasteiger partial charge in [-0.05, 0) is 31.0 Å². The lowest BCUT2D eigenvalue weighted by atomic mass is 10.1. The Morgan fingerprint density at radius 3 is 2.71 bits per heavy atom. The standard InChI is InChI=1S/C15H16N2O4/c16-9-11-2-1-3-12(8-11)15(20)17-6-4-13(5-7-17)21-10-14(18)19/h1-3,8,13H,4-7,10H2,(H,18,19). The van der Waals surface area contributed by atoms with Crippen molar-refractivity contribution in [3.63, 3.8) is 0 Å². The van der Waals surface area contributed by atoms with Crippen LogP contribution in [0.15, 0.2) is 24.3 Å². The fraction of sp³-hybridized carbons (Fsp3) is 0.400. The molecule has 21 heavy (non-hydrogen) atoms. The Hall–Kier alpha value is -2.39. The van der Waals surface area contributed by atoms with Crippen molar-refractivity contribution in [2.45, 2.75) is 18.9 Å². The van der Waals surface area contributed by atoms with Crippen LogP contribution in [0.2, 0.25) is 0 Å². The first-order chi connectivity index (χ1) is 10.1. The van der Waals surface area contributed by atoms with Gasteiger partial charge in [-0.3, -0.25) is 4.79 Å². The van der Waals surface area contributed by atoms with Gasteiger partial charge in [0.2, 0.25) is 0 Å². The number of amides is 1. The van der Waals surface area contributed by atoms with E-state index in [0.29, 0.717) is 37.1 Å². The highest BCUT2D eigenvalue weighted by atomic mass is 16.5. The molecular weight excluding hydrogens is 272 g/mol. The first kappa shape index (κ1) is 15.0. The molecule has 1 aromatic rings. The SMILES string of the molecule is N#Cc1cccc(C(=O)N2CCC(OCC(=O)O)CC2)c1. The number of aliphatic carboxylic acids is 1. The Morgan fingerprint density at radius 1 is 1.38 bits per heavy atom. The third-order valence-electron chi connectivity index (χ3n) is 3.41. The van der Waals surface area contributed by atoms with Crippen LogP contribution in [0.3, 0.4) is 0 Å². The molecule has 1 saturated heterocycles. The summed E-state index contributed by atoms with van der Waals surface area (Å²) in [5.74, 6) is -1.09. The van der Waals surface area contributed by atoms with Gasteiger partial charge in [0.15, 0.2) is 0 Å². The summed E-state index contributed by atoms with van der Waals surface area (Å²) in [6.45, 7) is 0.753. The smallest absolute Gasteiger partial charge is 0.329 e. The Kier molecular flexibility index (Phi) is 4.90. The molecule has 6 heteroatoms. The van der Waals surface area contributed by atoms with Crippen LogP contribution in [-0.2, 0) is 9.53 Å². The molecule has 0 spiro atoms. The maximum Gasteiger partial charge on any atom is 0.329 e. The van der Waals surface area contributed by atoms with Crippen LogP contribution in [0.4, 0.5) is 0 Å². The second kappa shape index (κ2) is 6.86. The number of carbonyl (C=O) groups is 2. The molecule has 1 aromatic carbocycles. The van der Waals surface area contributed by atoms with Gasteiger partial charge < -0.3 is 14.7 Å². The first-order valence-corrected chi connectivity index (χ1v) is 6.73. The summed E-state index contributed by atoms with van der Waals surface area (Å²) < 4.78 is 5.23. The number of nitrogens with zero attached hydrogens (tertiary/aromatic N) is 2. The molecule has 6 nitrogen and oxygen atoms in total. The molecule has 1 heterocycles. The number of nitriles is 1. The second-order valence-electron chi connectivity index (χ2n) is 4.89. The second-order valence-corrected chi connectivity index (χ2v) is 4.89. The summed E-state index contributed by atoms with van der Waals surface area (Å²) in [6.07, 6.45) is 1.13. The van der Waals surface area contributed by atoms with E-state index in [4.69, 9.17) is 15.1 Å². The number of carboxylic acid groups (broad SMARTS) is 1. The molecule has 1 amide bonds. The normalized spacial score (nSPS) is 15.5. The van der Waals surface area contributed by atoms with Gasteiger partial charge in [-0.2, -0.15) is 5.26 Å². The Labute approximate surface area is 122 Å². The molecule has 1 aliphatic heterocycles. The van der Waals surface area contributed by atoms with Crippen LogP contribution in [0.1, 0.15) is 28.8 Å². The van der Waals surface area contributed by atoms with Crippen molar-refractivity contribution in [2.75, 3.05) is 19.7 Å². The first-order valence-electron chi connectivity index (χ1n) is 6.73. The van der Waals surface area contributed by atoms with Crippen LogP contribution in [0.25, 0.3) is 0 Å². The molecular formula is C15H16N2O4. The van der Waals surface area contributed by atoms with Crippen molar-refractivity contribution in [3.8, 4) is 6.07 Å². The fourth-order valence-corrected chi connectivity index (χ4v) is 2.32. The lowest BCUT2D eigenvalue weighted by molar-refractivity contribution is -0.145. The summed E-state index contributed by atoms with van der Waals surface area (Å²) in [7, 11) is 0. The largest absolute Gasteiger partial charge is 0.480 e. The van der Waals surface area contributed by atoms with Gasteiger partial charge in [-0.1, -0.05) is 6.07 Å². The molecule has 0 bridgehead atoms. The topological polar surface area (TPSA) is 90.6 Å². The van der Waals surface area contributed by atoms with E-state index in [2.05, 4.69) is 0 Å². The average Bonchev–Trinajstić information content (AvgIpc) is 2.52. The molecule has 2 rings (SSSR count). The fourth-order valence-electron chi connectivity index (χ4n) is 2.32. The average molecular weight is 288 g/mol. The summed E-state index contributed by atoms with van der Waals surface area (Å²) >= 11 is 0. The van der Waals surface area contributed by atoms with Crippen molar-refractivity contribution in [1.29, 1.82) is 5.26 Å². The van der Waals surface area contributed by atoms with Crippen molar-refractivity contribution in [3.05, 3.63) is 35.4 Å². The quantitative estimate of drug-likeness (QED) is 0.900. The number of benzene rings is 1. The molecule has 1 fully saturated rings. The summed E-state index contributed by atoms with van der Waals surface area (Å²) in [6, 6.07) is 8.63. The lowest BCUT2D eigenvalue weighted by Crippen LogP contribution is -2.41. The van der Waals surface area contributed by atoms with E-state index in [-0.39, 0.29) is 18.6 Å². The van der Waals surface area contributed by atoms with Gasteiger partial charge in [0.1, 0.15) is 6.61 Å². The molecule has 0 unspecified atom stereocenters. The van der Waals surface area contributed by atoms with Crippen LogP contribution >= 0.6 is 0 Å². The zero-order valence-electron chi connectivity index (χ0n) is 11.5. The zero-order chi connectivity index (χ0) is 15.2. The minimum absolute atomic E-state index is 0.108. The molecule has 0 radical (unpaired) electrons. The van der Waals surface area contributed by atoms with Crippen LogP contribution in [0, 0.1) is 11.3 Å². The van der Waals surface area contributed by atoms with E-state index < -0.39 is 5.97 Å². The van der Waals surface area contributed by atoms with Crippen molar-refractivity contribution in [1.82, 2.24) is 4.90 Å². The van der Waals surface area contributed by atoms with E-state index in [1.165, 1.54) is 0 Å². The highest BCUT2D eigenvalue weighted by Crippen LogP contribution is 2.17. The number of likely N-dealkylation sites (tertiary alicyclic amines) is 1.